The standard InChI is InChI=1S/C17H17N3OS/c1-3-15-12(2)9-13(10-18)17(20-15)22-11-16(21)19-14-7-5-4-6-8-14/h4-9H,3,11H2,1-2H3,(H,19,21). The van der Waals surface area contributed by atoms with Crippen molar-refractivity contribution in [2.45, 2.75) is 25.3 Å². The van der Waals surface area contributed by atoms with Crippen LogP contribution >= 0.6 is 11.8 Å². The smallest absolute Gasteiger partial charge is 0.234 e. The van der Waals surface area contributed by atoms with Gasteiger partial charge in [0.2, 0.25) is 5.91 Å². The highest BCUT2D eigenvalue weighted by molar-refractivity contribution is 8.00. The molecule has 0 saturated carbocycles. The van der Waals surface area contributed by atoms with Gasteiger partial charge in [-0.2, -0.15) is 5.26 Å². The maximum absolute atomic E-state index is 12.0. The fourth-order valence-electron chi connectivity index (χ4n) is 2.03. The SMILES string of the molecule is CCc1nc(SCC(=O)Nc2ccccc2)c(C#N)cc1C. The average molecular weight is 311 g/mol. The molecule has 5 heteroatoms. The Bertz CT molecular complexity index is 708. The molecule has 4 nitrogen and oxygen atoms in total. The first-order valence-electron chi connectivity index (χ1n) is 7.02. The summed E-state index contributed by atoms with van der Waals surface area (Å²) in [7, 11) is 0. The predicted molar refractivity (Wildman–Crippen MR) is 88.9 cm³/mol. The van der Waals surface area contributed by atoms with Crippen LogP contribution in [-0.2, 0) is 11.2 Å². The van der Waals surface area contributed by atoms with E-state index in [1.165, 1.54) is 11.8 Å². The second-order valence-corrected chi connectivity index (χ2v) is 5.74. The number of carbonyl (C=O) groups excluding carboxylic acids is 1. The van der Waals surface area contributed by atoms with E-state index in [4.69, 9.17) is 0 Å². The Hall–Kier alpha value is -2.32. The number of hydrogen-bond acceptors (Lipinski definition) is 4. The monoisotopic (exact) mass is 311 g/mol. The summed E-state index contributed by atoms with van der Waals surface area (Å²) in [6.07, 6.45) is 0.807. The number of benzene rings is 1. The van der Waals surface area contributed by atoms with Crippen LogP contribution in [-0.4, -0.2) is 16.6 Å². The highest BCUT2D eigenvalue weighted by atomic mass is 32.2. The number of aromatic nitrogens is 1. The molecule has 0 atom stereocenters. The number of nitriles is 1. The number of para-hydroxylation sites is 1. The number of amides is 1. The first-order chi connectivity index (χ1) is 10.6. The molecule has 0 radical (unpaired) electrons. The minimum atomic E-state index is -0.111. The van der Waals surface area contributed by atoms with Crippen molar-refractivity contribution in [3.05, 3.63) is 53.2 Å². The Kier molecular flexibility index (Phi) is 5.56. The largest absolute Gasteiger partial charge is 0.325 e. The van der Waals surface area contributed by atoms with E-state index < -0.39 is 0 Å². The number of hydrogen-bond donors (Lipinski definition) is 1. The Morgan fingerprint density at radius 1 is 1.36 bits per heavy atom. The van der Waals surface area contributed by atoms with Crippen molar-refractivity contribution in [1.82, 2.24) is 4.98 Å². The van der Waals surface area contributed by atoms with Gasteiger partial charge < -0.3 is 5.32 Å². The molecule has 0 saturated heterocycles. The minimum Gasteiger partial charge on any atom is -0.325 e. The molecular formula is C17H17N3OS. The van der Waals surface area contributed by atoms with Crippen molar-refractivity contribution in [2.75, 3.05) is 11.1 Å². The summed E-state index contributed by atoms with van der Waals surface area (Å²) in [6, 6.07) is 13.3. The summed E-state index contributed by atoms with van der Waals surface area (Å²) in [6.45, 7) is 3.97. The van der Waals surface area contributed by atoms with Crippen LogP contribution in [0.25, 0.3) is 0 Å². The van der Waals surface area contributed by atoms with E-state index in [0.29, 0.717) is 10.6 Å². The van der Waals surface area contributed by atoms with Crippen LogP contribution in [0.5, 0.6) is 0 Å². The third kappa shape index (κ3) is 4.09. The highest BCUT2D eigenvalue weighted by Crippen LogP contribution is 2.23. The number of nitrogens with zero attached hydrogens (tertiary/aromatic N) is 2. The zero-order chi connectivity index (χ0) is 15.9. The van der Waals surface area contributed by atoms with Gasteiger partial charge in [0.1, 0.15) is 11.1 Å². The summed E-state index contributed by atoms with van der Waals surface area (Å²) < 4.78 is 0. The van der Waals surface area contributed by atoms with Crippen LogP contribution in [0.15, 0.2) is 41.4 Å². The van der Waals surface area contributed by atoms with E-state index in [0.717, 1.165) is 23.4 Å². The van der Waals surface area contributed by atoms with E-state index in [2.05, 4.69) is 16.4 Å². The lowest BCUT2D eigenvalue weighted by Crippen LogP contribution is -2.14. The van der Waals surface area contributed by atoms with Crippen molar-refractivity contribution in [3.8, 4) is 6.07 Å². The minimum absolute atomic E-state index is 0.111. The summed E-state index contributed by atoms with van der Waals surface area (Å²) in [5.41, 5.74) is 3.26. The average Bonchev–Trinajstić information content (AvgIpc) is 2.54. The molecule has 1 aromatic heterocycles. The number of anilines is 1. The quantitative estimate of drug-likeness (QED) is 0.858. The van der Waals surface area contributed by atoms with Gasteiger partial charge in [0.15, 0.2) is 0 Å². The molecule has 0 fully saturated rings. The van der Waals surface area contributed by atoms with Gasteiger partial charge in [-0.1, -0.05) is 36.9 Å². The molecule has 0 unspecified atom stereocenters. The van der Waals surface area contributed by atoms with Crippen LogP contribution in [0.4, 0.5) is 5.69 Å². The molecule has 22 heavy (non-hydrogen) atoms. The Morgan fingerprint density at radius 3 is 2.73 bits per heavy atom. The Labute approximate surface area is 134 Å². The molecule has 1 aromatic carbocycles. The van der Waals surface area contributed by atoms with Crippen molar-refractivity contribution < 1.29 is 4.79 Å². The van der Waals surface area contributed by atoms with E-state index in [9.17, 15) is 10.1 Å². The van der Waals surface area contributed by atoms with Gasteiger partial charge in [0, 0.05) is 11.4 Å². The van der Waals surface area contributed by atoms with Gasteiger partial charge in [0.25, 0.3) is 0 Å². The van der Waals surface area contributed by atoms with Crippen molar-refractivity contribution >= 4 is 23.4 Å². The van der Waals surface area contributed by atoms with Crippen LogP contribution in [0.3, 0.4) is 0 Å². The normalized spacial score (nSPS) is 10.0. The van der Waals surface area contributed by atoms with Crippen molar-refractivity contribution in [1.29, 1.82) is 5.26 Å². The number of rotatable bonds is 5. The molecule has 0 aliphatic carbocycles. The fourth-order valence-corrected chi connectivity index (χ4v) is 2.81. The van der Waals surface area contributed by atoms with Crippen LogP contribution < -0.4 is 5.32 Å². The maximum Gasteiger partial charge on any atom is 0.234 e. The molecular weight excluding hydrogens is 294 g/mol. The lowest BCUT2D eigenvalue weighted by molar-refractivity contribution is -0.113. The van der Waals surface area contributed by atoms with Gasteiger partial charge in [0.05, 0.1) is 11.3 Å². The molecule has 112 valence electrons. The molecule has 0 aliphatic heterocycles. The zero-order valence-corrected chi connectivity index (χ0v) is 13.4. The Morgan fingerprint density at radius 2 is 2.09 bits per heavy atom. The number of thioether (sulfide) groups is 1. The van der Waals surface area contributed by atoms with E-state index in [1.807, 2.05) is 50.2 Å². The van der Waals surface area contributed by atoms with Gasteiger partial charge >= 0.3 is 0 Å². The van der Waals surface area contributed by atoms with E-state index >= 15 is 0 Å². The molecule has 1 amide bonds. The summed E-state index contributed by atoms with van der Waals surface area (Å²) in [4.78, 5) is 16.5. The molecule has 2 rings (SSSR count). The van der Waals surface area contributed by atoms with E-state index in [1.54, 1.807) is 0 Å². The topological polar surface area (TPSA) is 65.8 Å². The van der Waals surface area contributed by atoms with Crippen LogP contribution in [0.1, 0.15) is 23.7 Å². The predicted octanol–water partition coefficient (Wildman–Crippen LogP) is 3.55. The highest BCUT2D eigenvalue weighted by Gasteiger charge is 2.11. The molecule has 0 aliphatic rings. The summed E-state index contributed by atoms with van der Waals surface area (Å²) in [5, 5.41) is 12.6. The molecule has 1 heterocycles. The second kappa shape index (κ2) is 7.62. The van der Waals surface area contributed by atoms with Gasteiger partial charge in [-0.25, -0.2) is 4.98 Å². The zero-order valence-electron chi connectivity index (χ0n) is 12.6. The molecule has 0 bridgehead atoms. The molecule has 2 aromatic rings. The van der Waals surface area contributed by atoms with Crippen LogP contribution in [0, 0.1) is 18.3 Å². The second-order valence-electron chi connectivity index (χ2n) is 4.77. The number of pyridine rings is 1. The lowest BCUT2D eigenvalue weighted by Gasteiger charge is -2.09. The van der Waals surface area contributed by atoms with E-state index in [-0.39, 0.29) is 11.7 Å². The van der Waals surface area contributed by atoms with Crippen LogP contribution in [0.2, 0.25) is 0 Å². The molecule has 0 spiro atoms. The van der Waals surface area contributed by atoms with Crippen molar-refractivity contribution in [3.63, 3.8) is 0 Å². The number of carbonyl (C=O) groups is 1. The third-order valence-electron chi connectivity index (χ3n) is 3.14. The number of nitrogens with one attached hydrogen (secondary N) is 1. The van der Waals surface area contributed by atoms with Gasteiger partial charge in [-0.15, -0.1) is 0 Å². The third-order valence-corrected chi connectivity index (χ3v) is 4.13. The lowest BCUT2D eigenvalue weighted by atomic mass is 10.1. The Balaban J connectivity index is 2.05. The van der Waals surface area contributed by atoms with Gasteiger partial charge in [-0.3, -0.25) is 4.79 Å². The maximum atomic E-state index is 12.0. The molecule has 1 N–H and O–H groups in total. The number of aryl methyl sites for hydroxylation is 2. The van der Waals surface area contributed by atoms with Gasteiger partial charge in [-0.05, 0) is 37.1 Å². The first kappa shape index (κ1) is 16.1. The van der Waals surface area contributed by atoms with Crippen molar-refractivity contribution in [2.24, 2.45) is 0 Å². The fraction of sp³-hybridized carbons (Fsp3) is 0.235. The first-order valence-corrected chi connectivity index (χ1v) is 8.01. The summed E-state index contributed by atoms with van der Waals surface area (Å²) in [5.74, 6) is 0.114. The summed E-state index contributed by atoms with van der Waals surface area (Å²) >= 11 is 1.29.